The molecule has 0 spiro atoms. The lowest BCUT2D eigenvalue weighted by Gasteiger charge is -2.18. The second-order valence-corrected chi connectivity index (χ2v) is 5.12. The number of carbonyl (C=O) groups excluding carboxylic acids is 1. The average molecular weight is 278 g/mol. The maximum Gasteiger partial charge on any atom is 0.272 e. The summed E-state index contributed by atoms with van der Waals surface area (Å²) in [4.78, 5) is 12.1. The van der Waals surface area contributed by atoms with Crippen molar-refractivity contribution in [2.45, 2.75) is 32.7 Å². The van der Waals surface area contributed by atoms with Gasteiger partial charge in [0.15, 0.2) is 5.69 Å². The van der Waals surface area contributed by atoms with Gasteiger partial charge in [0.25, 0.3) is 5.91 Å². The van der Waals surface area contributed by atoms with Crippen LogP contribution in [0.4, 0.5) is 5.82 Å². The fourth-order valence-electron chi connectivity index (χ4n) is 2.15. The van der Waals surface area contributed by atoms with E-state index < -0.39 is 0 Å². The number of nitrogens with zero attached hydrogens (tertiary/aromatic N) is 2. The maximum absolute atomic E-state index is 12.1. The average Bonchev–Trinajstić information content (AvgIpc) is 3.00. The van der Waals surface area contributed by atoms with E-state index >= 15 is 0 Å². The molecule has 2 atom stereocenters. The monoisotopic (exact) mass is 278 g/mol. The van der Waals surface area contributed by atoms with E-state index in [1.54, 1.807) is 12.1 Å². The van der Waals surface area contributed by atoms with E-state index in [4.69, 9.17) is 4.74 Å². The molecule has 2 unspecified atom stereocenters. The van der Waals surface area contributed by atoms with Gasteiger partial charge >= 0.3 is 0 Å². The van der Waals surface area contributed by atoms with Gasteiger partial charge in [0.2, 0.25) is 0 Å². The van der Waals surface area contributed by atoms with Crippen LogP contribution in [-0.4, -0.2) is 41.9 Å². The topological polar surface area (TPSA) is 76.1 Å². The third-order valence-corrected chi connectivity index (χ3v) is 3.48. The number of carbonyl (C=O) groups is 1. The Labute approximate surface area is 119 Å². The Balaban J connectivity index is 1.88. The molecule has 0 aliphatic carbocycles. The quantitative estimate of drug-likeness (QED) is 0.823. The van der Waals surface area contributed by atoms with Gasteiger partial charge in [-0.25, -0.2) is 0 Å². The van der Waals surface area contributed by atoms with Crippen LogP contribution in [0.15, 0.2) is 12.1 Å². The van der Waals surface area contributed by atoms with E-state index in [1.807, 2.05) is 6.92 Å². The largest absolute Gasteiger partial charge is 0.381 e. The fraction of sp³-hybridized carbons (Fsp3) is 0.643. The van der Waals surface area contributed by atoms with E-state index in [0.29, 0.717) is 24.0 Å². The summed E-state index contributed by atoms with van der Waals surface area (Å²) < 4.78 is 5.33. The van der Waals surface area contributed by atoms with Gasteiger partial charge in [0.05, 0.1) is 6.61 Å². The van der Waals surface area contributed by atoms with Gasteiger partial charge in [-0.05, 0) is 31.9 Å². The van der Waals surface area contributed by atoms with Crippen molar-refractivity contribution in [2.75, 3.05) is 25.1 Å². The molecule has 1 aromatic heterocycles. The number of anilines is 1. The molecule has 0 aromatic carbocycles. The zero-order chi connectivity index (χ0) is 14.4. The lowest BCUT2D eigenvalue weighted by molar-refractivity contribution is 0.0916. The standard InChI is InChI=1S/C14H22N4O2/c1-3-7-15-13-5-4-12(17-18-13)14(19)16-10(2)11-6-8-20-9-11/h4-5,10-11H,3,6-9H2,1-2H3,(H,15,18)(H,16,19). The molecule has 0 bridgehead atoms. The molecule has 0 radical (unpaired) electrons. The minimum absolute atomic E-state index is 0.0877. The molecule has 1 amide bonds. The molecular weight excluding hydrogens is 256 g/mol. The molecule has 2 heterocycles. The van der Waals surface area contributed by atoms with Gasteiger partial charge in [-0.1, -0.05) is 6.92 Å². The van der Waals surface area contributed by atoms with Gasteiger partial charge in [-0.15, -0.1) is 10.2 Å². The summed E-state index contributed by atoms with van der Waals surface area (Å²) in [6.45, 7) is 6.42. The first-order valence-electron chi connectivity index (χ1n) is 7.17. The van der Waals surface area contributed by atoms with Crippen LogP contribution in [-0.2, 0) is 4.74 Å². The van der Waals surface area contributed by atoms with Crippen molar-refractivity contribution in [2.24, 2.45) is 5.92 Å². The Morgan fingerprint density at radius 3 is 2.95 bits per heavy atom. The summed E-state index contributed by atoms with van der Waals surface area (Å²) in [7, 11) is 0. The molecule has 2 rings (SSSR count). The van der Waals surface area contributed by atoms with Crippen molar-refractivity contribution in [3.8, 4) is 0 Å². The first-order chi connectivity index (χ1) is 9.70. The van der Waals surface area contributed by atoms with E-state index in [2.05, 4.69) is 27.8 Å². The second kappa shape index (κ2) is 7.19. The number of hydrogen-bond donors (Lipinski definition) is 2. The van der Waals surface area contributed by atoms with Crippen LogP contribution in [0.25, 0.3) is 0 Å². The summed E-state index contributed by atoms with van der Waals surface area (Å²) in [6, 6.07) is 3.56. The van der Waals surface area contributed by atoms with Gasteiger partial charge in [0, 0.05) is 25.1 Å². The minimum atomic E-state index is -0.182. The molecule has 2 N–H and O–H groups in total. The highest BCUT2D eigenvalue weighted by Gasteiger charge is 2.24. The number of amides is 1. The Morgan fingerprint density at radius 1 is 1.50 bits per heavy atom. The third kappa shape index (κ3) is 3.90. The number of aromatic nitrogens is 2. The van der Waals surface area contributed by atoms with Crippen molar-refractivity contribution >= 4 is 11.7 Å². The van der Waals surface area contributed by atoms with E-state index in [0.717, 1.165) is 26.0 Å². The summed E-state index contributed by atoms with van der Waals surface area (Å²) in [5.41, 5.74) is 0.345. The van der Waals surface area contributed by atoms with Crippen molar-refractivity contribution < 1.29 is 9.53 Å². The number of rotatable bonds is 6. The van der Waals surface area contributed by atoms with Gasteiger partial charge in [-0.2, -0.15) is 0 Å². The highest BCUT2D eigenvalue weighted by Crippen LogP contribution is 2.16. The molecule has 1 aliphatic heterocycles. The molecule has 20 heavy (non-hydrogen) atoms. The third-order valence-electron chi connectivity index (χ3n) is 3.48. The Hall–Kier alpha value is -1.69. The summed E-state index contributed by atoms with van der Waals surface area (Å²) in [6.07, 6.45) is 2.01. The van der Waals surface area contributed by atoms with Crippen molar-refractivity contribution in [1.82, 2.24) is 15.5 Å². The Kier molecular flexibility index (Phi) is 5.29. The van der Waals surface area contributed by atoms with Crippen molar-refractivity contribution in [1.29, 1.82) is 0 Å². The molecule has 0 saturated carbocycles. The lowest BCUT2D eigenvalue weighted by Crippen LogP contribution is -2.38. The van der Waals surface area contributed by atoms with Gasteiger partial charge in [-0.3, -0.25) is 4.79 Å². The number of hydrogen-bond acceptors (Lipinski definition) is 5. The van der Waals surface area contributed by atoms with Crippen LogP contribution in [0.3, 0.4) is 0 Å². The predicted molar refractivity (Wildman–Crippen MR) is 76.7 cm³/mol. The van der Waals surface area contributed by atoms with Crippen LogP contribution in [0.2, 0.25) is 0 Å². The Bertz CT molecular complexity index is 429. The molecule has 1 saturated heterocycles. The van der Waals surface area contributed by atoms with Crippen LogP contribution in [0, 0.1) is 5.92 Å². The van der Waals surface area contributed by atoms with E-state index in [-0.39, 0.29) is 11.9 Å². The second-order valence-electron chi connectivity index (χ2n) is 5.12. The molecular formula is C14H22N4O2. The van der Waals surface area contributed by atoms with Crippen LogP contribution in [0.1, 0.15) is 37.2 Å². The first kappa shape index (κ1) is 14.7. The normalized spacial score (nSPS) is 19.6. The van der Waals surface area contributed by atoms with E-state index in [9.17, 15) is 4.79 Å². The highest BCUT2D eigenvalue weighted by molar-refractivity contribution is 5.92. The number of ether oxygens (including phenoxy) is 1. The number of nitrogens with one attached hydrogen (secondary N) is 2. The zero-order valence-corrected chi connectivity index (χ0v) is 12.1. The lowest BCUT2D eigenvalue weighted by atomic mass is 10.0. The van der Waals surface area contributed by atoms with Gasteiger partial charge in [0.1, 0.15) is 5.82 Å². The summed E-state index contributed by atoms with van der Waals surface area (Å²) in [5, 5.41) is 14.0. The predicted octanol–water partition coefficient (Wildman–Crippen LogP) is 1.45. The smallest absolute Gasteiger partial charge is 0.272 e. The highest BCUT2D eigenvalue weighted by atomic mass is 16.5. The first-order valence-corrected chi connectivity index (χ1v) is 7.17. The molecule has 1 aromatic rings. The molecule has 6 nitrogen and oxygen atoms in total. The molecule has 1 aliphatic rings. The maximum atomic E-state index is 12.1. The van der Waals surface area contributed by atoms with Crippen LogP contribution < -0.4 is 10.6 Å². The van der Waals surface area contributed by atoms with Crippen molar-refractivity contribution in [3.05, 3.63) is 17.8 Å². The molecule has 1 fully saturated rings. The van der Waals surface area contributed by atoms with Crippen molar-refractivity contribution in [3.63, 3.8) is 0 Å². The summed E-state index contributed by atoms with van der Waals surface area (Å²) >= 11 is 0. The molecule has 6 heteroatoms. The SMILES string of the molecule is CCCNc1ccc(C(=O)NC(C)C2CCOC2)nn1. The van der Waals surface area contributed by atoms with E-state index in [1.165, 1.54) is 0 Å². The summed E-state index contributed by atoms with van der Waals surface area (Å²) in [5.74, 6) is 0.900. The van der Waals surface area contributed by atoms with Crippen LogP contribution >= 0.6 is 0 Å². The zero-order valence-electron chi connectivity index (χ0n) is 12.1. The van der Waals surface area contributed by atoms with Gasteiger partial charge < -0.3 is 15.4 Å². The minimum Gasteiger partial charge on any atom is -0.381 e. The molecule has 110 valence electrons. The van der Waals surface area contributed by atoms with Crippen LogP contribution in [0.5, 0.6) is 0 Å². The Morgan fingerprint density at radius 2 is 2.35 bits per heavy atom. The fourth-order valence-corrected chi connectivity index (χ4v) is 2.15.